The fourth-order valence-electron chi connectivity index (χ4n) is 1.30. The second kappa shape index (κ2) is 5.07. The highest BCUT2D eigenvalue weighted by Gasteiger charge is 2.12. The zero-order valence-corrected chi connectivity index (χ0v) is 10.6. The van der Waals surface area contributed by atoms with Gasteiger partial charge in [-0.2, -0.15) is 0 Å². The van der Waals surface area contributed by atoms with Gasteiger partial charge in [0, 0.05) is 15.7 Å². The lowest BCUT2D eigenvalue weighted by Crippen LogP contribution is -2.47. The van der Waals surface area contributed by atoms with Crippen LogP contribution in [0.15, 0.2) is 54.9 Å². The van der Waals surface area contributed by atoms with E-state index in [-0.39, 0.29) is 5.91 Å². The monoisotopic (exact) mass is 325 g/mol. The van der Waals surface area contributed by atoms with Crippen molar-refractivity contribution in [3.05, 3.63) is 64.0 Å². The molecule has 0 saturated carbocycles. The number of pyridine rings is 1. The number of rotatable bonds is 2. The Balaban J connectivity index is 2.19. The topological polar surface area (TPSA) is 33.0 Å². The molecule has 2 rings (SSSR count). The summed E-state index contributed by atoms with van der Waals surface area (Å²) in [6, 6.07) is 13.1. The Labute approximate surface area is 107 Å². The molecule has 0 radical (unpaired) electrons. The van der Waals surface area contributed by atoms with Crippen LogP contribution in [-0.2, 0) is 0 Å². The van der Waals surface area contributed by atoms with E-state index in [4.69, 9.17) is 0 Å². The fraction of sp³-hybridized carbons (Fsp3) is 0. The van der Waals surface area contributed by atoms with E-state index in [1.54, 1.807) is 23.1 Å². The third-order valence-electron chi connectivity index (χ3n) is 2.06. The van der Waals surface area contributed by atoms with E-state index < -0.39 is 0 Å². The molecular formula is C12H10IN2O+. The zero-order valence-electron chi connectivity index (χ0n) is 8.43. The van der Waals surface area contributed by atoms with Crippen molar-refractivity contribution in [2.75, 3.05) is 5.43 Å². The van der Waals surface area contributed by atoms with Gasteiger partial charge in [0.1, 0.15) is 0 Å². The van der Waals surface area contributed by atoms with Gasteiger partial charge in [0.15, 0.2) is 12.4 Å². The van der Waals surface area contributed by atoms with Crippen molar-refractivity contribution in [2.24, 2.45) is 0 Å². The Morgan fingerprint density at radius 1 is 1.06 bits per heavy atom. The van der Waals surface area contributed by atoms with Crippen LogP contribution >= 0.6 is 22.6 Å². The molecule has 16 heavy (non-hydrogen) atoms. The highest BCUT2D eigenvalue weighted by atomic mass is 127. The molecule has 1 aromatic carbocycles. The average molecular weight is 325 g/mol. The quantitative estimate of drug-likeness (QED) is 0.665. The Bertz CT molecular complexity index is 499. The molecule has 0 unspecified atom stereocenters. The first-order valence-corrected chi connectivity index (χ1v) is 5.87. The lowest BCUT2D eigenvalue weighted by Gasteiger charge is -2.01. The number of halogens is 1. The molecule has 2 aromatic rings. The van der Waals surface area contributed by atoms with Crippen LogP contribution in [0.1, 0.15) is 10.4 Å². The molecule has 0 saturated heterocycles. The predicted octanol–water partition coefficient (Wildman–Crippen LogP) is 1.96. The minimum absolute atomic E-state index is 0.110. The molecule has 0 aliphatic carbocycles. The van der Waals surface area contributed by atoms with Crippen molar-refractivity contribution in [3.63, 3.8) is 0 Å². The number of hydrogen-bond donors (Lipinski definition) is 1. The molecule has 80 valence electrons. The first-order valence-electron chi connectivity index (χ1n) is 4.79. The Morgan fingerprint density at radius 2 is 1.75 bits per heavy atom. The fourth-order valence-corrected chi connectivity index (χ4v) is 1.93. The number of aromatic nitrogens is 1. The Morgan fingerprint density at radius 3 is 2.44 bits per heavy atom. The van der Waals surface area contributed by atoms with Gasteiger partial charge in [-0.3, -0.25) is 4.79 Å². The minimum atomic E-state index is -0.110. The van der Waals surface area contributed by atoms with E-state index in [0.717, 1.165) is 3.57 Å². The molecule has 1 heterocycles. The molecule has 0 spiro atoms. The van der Waals surface area contributed by atoms with Crippen LogP contribution in [0.2, 0.25) is 0 Å². The van der Waals surface area contributed by atoms with Gasteiger partial charge in [-0.1, -0.05) is 22.9 Å². The summed E-state index contributed by atoms with van der Waals surface area (Å²) in [5, 5.41) is 0. The molecule has 0 fully saturated rings. The Hall–Kier alpha value is -1.43. The van der Waals surface area contributed by atoms with Gasteiger partial charge in [-0.05, 0) is 34.7 Å². The van der Waals surface area contributed by atoms with Crippen LogP contribution in [0.5, 0.6) is 0 Å². The van der Waals surface area contributed by atoms with E-state index in [9.17, 15) is 4.79 Å². The third-order valence-corrected chi connectivity index (χ3v) is 3.01. The first kappa shape index (κ1) is 11.1. The predicted molar refractivity (Wildman–Crippen MR) is 69.5 cm³/mol. The average Bonchev–Trinajstić information content (AvgIpc) is 2.31. The van der Waals surface area contributed by atoms with E-state index >= 15 is 0 Å². The van der Waals surface area contributed by atoms with Crippen LogP contribution in [0.4, 0.5) is 0 Å². The number of hydrogen-bond acceptors (Lipinski definition) is 1. The lowest BCUT2D eigenvalue weighted by atomic mass is 10.2. The summed E-state index contributed by atoms with van der Waals surface area (Å²) in [6.07, 6.45) is 3.57. The van der Waals surface area contributed by atoms with Crippen LogP contribution in [-0.4, -0.2) is 5.91 Å². The van der Waals surface area contributed by atoms with Gasteiger partial charge in [0.25, 0.3) is 0 Å². The maximum absolute atomic E-state index is 11.9. The SMILES string of the molecule is O=C(N[n+]1ccccc1)c1ccccc1I. The number of amides is 1. The normalized spacial score (nSPS) is 9.81. The van der Waals surface area contributed by atoms with Crippen molar-refractivity contribution in [2.45, 2.75) is 0 Å². The standard InChI is InChI=1S/C12H9IN2O/c13-11-7-3-2-6-10(11)12(16)14-15-8-4-1-5-9-15/h1-9H/p+1. The number of carbonyl (C=O) groups is 1. The molecule has 1 amide bonds. The van der Waals surface area contributed by atoms with Crippen LogP contribution in [0.3, 0.4) is 0 Å². The second-order valence-corrected chi connectivity index (χ2v) is 4.37. The van der Waals surface area contributed by atoms with Crippen LogP contribution in [0.25, 0.3) is 0 Å². The molecule has 0 bridgehead atoms. The minimum Gasteiger partial charge on any atom is -0.264 e. The van der Waals surface area contributed by atoms with Crippen LogP contribution in [0, 0.1) is 3.57 Å². The number of nitrogens with zero attached hydrogens (tertiary/aromatic N) is 1. The molecule has 4 heteroatoms. The van der Waals surface area contributed by atoms with Gasteiger partial charge >= 0.3 is 5.91 Å². The van der Waals surface area contributed by atoms with Crippen molar-refractivity contribution in [1.82, 2.24) is 0 Å². The Kier molecular flexibility index (Phi) is 3.51. The summed E-state index contributed by atoms with van der Waals surface area (Å²) in [5.74, 6) is -0.110. The number of benzene rings is 1. The largest absolute Gasteiger partial charge is 0.306 e. The van der Waals surface area contributed by atoms with Gasteiger partial charge in [0.05, 0.1) is 5.56 Å². The van der Waals surface area contributed by atoms with E-state index in [1.807, 2.05) is 36.4 Å². The summed E-state index contributed by atoms with van der Waals surface area (Å²) in [7, 11) is 0. The van der Waals surface area contributed by atoms with E-state index in [0.29, 0.717) is 5.56 Å². The van der Waals surface area contributed by atoms with Crippen molar-refractivity contribution >= 4 is 28.5 Å². The van der Waals surface area contributed by atoms with Gasteiger partial charge in [-0.25, -0.2) is 0 Å². The smallest absolute Gasteiger partial charge is 0.264 e. The van der Waals surface area contributed by atoms with Gasteiger partial charge < -0.3 is 0 Å². The summed E-state index contributed by atoms with van der Waals surface area (Å²) in [6.45, 7) is 0. The molecule has 3 nitrogen and oxygen atoms in total. The first-order chi connectivity index (χ1) is 7.77. The van der Waals surface area contributed by atoms with Crippen molar-refractivity contribution < 1.29 is 9.47 Å². The molecular weight excluding hydrogens is 315 g/mol. The summed E-state index contributed by atoms with van der Waals surface area (Å²) < 4.78 is 2.57. The number of nitrogens with one attached hydrogen (secondary N) is 1. The molecule has 1 aromatic heterocycles. The van der Waals surface area contributed by atoms with Crippen molar-refractivity contribution in [3.8, 4) is 0 Å². The van der Waals surface area contributed by atoms with Crippen molar-refractivity contribution in [1.29, 1.82) is 0 Å². The van der Waals surface area contributed by atoms with E-state index in [1.165, 1.54) is 0 Å². The highest BCUT2D eigenvalue weighted by Crippen LogP contribution is 2.10. The van der Waals surface area contributed by atoms with Crippen LogP contribution < -0.4 is 10.1 Å². The lowest BCUT2D eigenvalue weighted by molar-refractivity contribution is -0.641. The third kappa shape index (κ3) is 2.57. The number of carbonyl (C=O) groups excluding carboxylic acids is 1. The summed E-state index contributed by atoms with van der Waals surface area (Å²) in [5.41, 5.74) is 3.45. The molecule has 0 aliphatic heterocycles. The van der Waals surface area contributed by atoms with Gasteiger partial charge in [0.2, 0.25) is 0 Å². The van der Waals surface area contributed by atoms with Gasteiger partial charge in [-0.15, -0.1) is 5.43 Å². The maximum Gasteiger partial charge on any atom is 0.306 e. The molecule has 1 N–H and O–H groups in total. The van der Waals surface area contributed by atoms with E-state index in [2.05, 4.69) is 28.0 Å². The second-order valence-electron chi connectivity index (χ2n) is 3.20. The zero-order chi connectivity index (χ0) is 11.4. The molecule has 0 aliphatic rings. The molecule has 0 atom stereocenters. The highest BCUT2D eigenvalue weighted by molar-refractivity contribution is 14.1. The maximum atomic E-state index is 11.9. The summed E-state index contributed by atoms with van der Waals surface area (Å²) in [4.78, 5) is 11.9. The summed E-state index contributed by atoms with van der Waals surface area (Å²) >= 11 is 2.15.